The second-order valence-electron chi connectivity index (χ2n) is 4.81. The van der Waals surface area contributed by atoms with Crippen LogP contribution in [0.15, 0.2) is 0 Å². The minimum atomic E-state index is 0.814. The maximum absolute atomic E-state index is 5.27. The van der Waals surface area contributed by atoms with Crippen LogP contribution >= 0.6 is 0 Å². The number of hydrogen-bond donors (Lipinski definition) is 0. The molecule has 2 unspecified atom stereocenters. The van der Waals surface area contributed by atoms with Crippen molar-refractivity contribution in [3.8, 4) is 0 Å². The van der Waals surface area contributed by atoms with Crippen LogP contribution < -0.4 is 0 Å². The van der Waals surface area contributed by atoms with E-state index in [1.165, 1.54) is 32.1 Å². The highest BCUT2D eigenvalue weighted by Crippen LogP contribution is 2.15. The van der Waals surface area contributed by atoms with Gasteiger partial charge in [-0.15, -0.1) is 0 Å². The summed E-state index contributed by atoms with van der Waals surface area (Å²) in [4.78, 5) is 0. The maximum Gasteiger partial charge on any atom is 0.0494 e. The molecule has 0 N–H and O–H groups in total. The van der Waals surface area contributed by atoms with Crippen molar-refractivity contribution < 1.29 is 9.47 Å². The molecule has 0 saturated carbocycles. The zero-order chi connectivity index (χ0) is 12.9. The summed E-state index contributed by atoms with van der Waals surface area (Å²) in [6.45, 7) is 12.5. The van der Waals surface area contributed by atoms with Crippen molar-refractivity contribution in [1.29, 1.82) is 0 Å². The molecule has 17 heavy (non-hydrogen) atoms. The molecule has 0 aromatic heterocycles. The zero-order valence-electron chi connectivity index (χ0n) is 12.3. The number of hydrogen-bond acceptors (Lipinski definition) is 2. The third kappa shape index (κ3) is 9.61. The Labute approximate surface area is 108 Å². The van der Waals surface area contributed by atoms with Gasteiger partial charge in [0.15, 0.2) is 0 Å². The first-order chi connectivity index (χ1) is 8.33. The van der Waals surface area contributed by atoms with Gasteiger partial charge in [0.1, 0.15) is 0 Å². The summed E-state index contributed by atoms with van der Waals surface area (Å²) in [6, 6.07) is 0. The van der Waals surface area contributed by atoms with E-state index in [1.54, 1.807) is 0 Å². The van der Waals surface area contributed by atoms with Crippen molar-refractivity contribution in [3.63, 3.8) is 0 Å². The maximum atomic E-state index is 5.27. The Hall–Kier alpha value is -0.0800. The van der Waals surface area contributed by atoms with E-state index in [0.717, 1.165) is 38.3 Å². The molecule has 2 saturated heterocycles. The van der Waals surface area contributed by atoms with Gasteiger partial charge in [0.05, 0.1) is 0 Å². The predicted molar refractivity (Wildman–Crippen MR) is 74.4 cm³/mol. The SMILES string of the molecule is CC.CC1CCCOC1.CCC1CCCOC1. The van der Waals surface area contributed by atoms with Gasteiger partial charge in [-0.3, -0.25) is 0 Å². The molecule has 2 nitrogen and oxygen atoms in total. The Morgan fingerprint density at radius 2 is 1.53 bits per heavy atom. The van der Waals surface area contributed by atoms with E-state index in [4.69, 9.17) is 9.47 Å². The van der Waals surface area contributed by atoms with Crippen molar-refractivity contribution in [2.75, 3.05) is 26.4 Å². The van der Waals surface area contributed by atoms with Crippen LogP contribution in [0.25, 0.3) is 0 Å². The minimum Gasteiger partial charge on any atom is -0.381 e. The van der Waals surface area contributed by atoms with Gasteiger partial charge in [-0.25, -0.2) is 0 Å². The Bertz CT molecular complexity index is 136. The molecule has 2 atom stereocenters. The lowest BCUT2D eigenvalue weighted by atomic mass is 10.0. The summed E-state index contributed by atoms with van der Waals surface area (Å²) in [7, 11) is 0. The van der Waals surface area contributed by atoms with E-state index in [2.05, 4.69) is 13.8 Å². The second kappa shape index (κ2) is 12.4. The fourth-order valence-corrected chi connectivity index (χ4v) is 2.03. The Kier molecular flexibility index (Phi) is 12.3. The first kappa shape index (κ1) is 16.9. The summed E-state index contributed by atoms with van der Waals surface area (Å²) in [6.07, 6.45) is 6.58. The summed E-state index contributed by atoms with van der Waals surface area (Å²) >= 11 is 0. The fraction of sp³-hybridized carbons (Fsp3) is 1.00. The molecule has 2 aliphatic heterocycles. The van der Waals surface area contributed by atoms with Gasteiger partial charge in [0.25, 0.3) is 0 Å². The van der Waals surface area contributed by atoms with Gasteiger partial charge >= 0.3 is 0 Å². The highest BCUT2D eigenvalue weighted by Gasteiger charge is 2.10. The van der Waals surface area contributed by atoms with Crippen LogP contribution in [0.5, 0.6) is 0 Å². The molecule has 0 amide bonds. The number of ether oxygens (including phenoxy) is 2. The molecule has 0 aromatic rings. The standard InChI is InChI=1S/C7H14O.C6H12O.C2H6/c1-2-7-4-3-5-8-6-7;1-6-3-2-4-7-5-6;1-2/h7H,2-6H2,1H3;6H,2-5H2,1H3;1-2H3. The third-order valence-electron chi connectivity index (χ3n) is 3.22. The first-order valence-electron chi connectivity index (χ1n) is 7.48. The molecule has 0 spiro atoms. The van der Waals surface area contributed by atoms with Crippen LogP contribution in [0.3, 0.4) is 0 Å². The van der Waals surface area contributed by atoms with Gasteiger partial charge in [-0.1, -0.05) is 34.1 Å². The first-order valence-corrected chi connectivity index (χ1v) is 7.48. The molecule has 2 aliphatic rings. The van der Waals surface area contributed by atoms with Gasteiger partial charge in [-0.2, -0.15) is 0 Å². The highest BCUT2D eigenvalue weighted by molar-refractivity contribution is 4.59. The topological polar surface area (TPSA) is 18.5 Å². The molecular weight excluding hydrogens is 212 g/mol. The Morgan fingerprint density at radius 1 is 0.941 bits per heavy atom. The Morgan fingerprint density at radius 3 is 1.76 bits per heavy atom. The molecule has 2 rings (SSSR count). The van der Waals surface area contributed by atoms with Crippen molar-refractivity contribution in [2.24, 2.45) is 11.8 Å². The van der Waals surface area contributed by atoms with Crippen molar-refractivity contribution >= 4 is 0 Å². The van der Waals surface area contributed by atoms with E-state index in [1.807, 2.05) is 13.8 Å². The number of rotatable bonds is 1. The predicted octanol–water partition coefficient (Wildman–Crippen LogP) is 4.28. The molecule has 0 radical (unpaired) electrons. The normalized spacial score (nSPS) is 28.2. The summed E-state index contributed by atoms with van der Waals surface area (Å²) in [5.74, 6) is 1.68. The van der Waals surface area contributed by atoms with Crippen LogP contribution in [0.1, 0.15) is 59.8 Å². The highest BCUT2D eigenvalue weighted by atomic mass is 16.5. The van der Waals surface area contributed by atoms with Crippen molar-refractivity contribution in [2.45, 2.75) is 59.8 Å². The van der Waals surface area contributed by atoms with Gasteiger partial charge in [-0.05, 0) is 37.5 Å². The lowest BCUT2D eigenvalue weighted by Gasteiger charge is -2.19. The lowest BCUT2D eigenvalue weighted by molar-refractivity contribution is 0.0535. The lowest BCUT2D eigenvalue weighted by Crippen LogP contribution is -2.15. The van der Waals surface area contributed by atoms with Crippen LogP contribution in [-0.4, -0.2) is 26.4 Å². The Balaban J connectivity index is 0.000000265. The molecule has 0 bridgehead atoms. The zero-order valence-corrected chi connectivity index (χ0v) is 12.3. The molecule has 2 fully saturated rings. The summed E-state index contributed by atoms with van der Waals surface area (Å²) in [5.41, 5.74) is 0. The fourth-order valence-electron chi connectivity index (χ4n) is 2.03. The monoisotopic (exact) mass is 244 g/mol. The van der Waals surface area contributed by atoms with Crippen molar-refractivity contribution in [3.05, 3.63) is 0 Å². The minimum absolute atomic E-state index is 0.814. The average molecular weight is 244 g/mol. The largest absolute Gasteiger partial charge is 0.381 e. The van der Waals surface area contributed by atoms with Crippen LogP contribution in [-0.2, 0) is 9.47 Å². The van der Waals surface area contributed by atoms with E-state index in [-0.39, 0.29) is 0 Å². The molecular formula is C15H32O2. The van der Waals surface area contributed by atoms with E-state index in [0.29, 0.717) is 0 Å². The van der Waals surface area contributed by atoms with Crippen LogP contribution in [0.4, 0.5) is 0 Å². The van der Waals surface area contributed by atoms with Gasteiger partial charge in [0.2, 0.25) is 0 Å². The molecule has 2 heterocycles. The molecule has 2 heteroatoms. The average Bonchev–Trinajstić information content (AvgIpc) is 2.43. The van der Waals surface area contributed by atoms with Gasteiger partial charge < -0.3 is 9.47 Å². The molecule has 0 aliphatic carbocycles. The van der Waals surface area contributed by atoms with E-state index >= 15 is 0 Å². The summed E-state index contributed by atoms with van der Waals surface area (Å²) < 4.78 is 10.5. The van der Waals surface area contributed by atoms with E-state index in [9.17, 15) is 0 Å². The molecule has 104 valence electrons. The summed E-state index contributed by atoms with van der Waals surface area (Å²) in [5, 5.41) is 0. The van der Waals surface area contributed by atoms with Crippen LogP contribution in [0, 0.1) is 11.8 Å². The van der Waals surface area contributed by atoms with Crippen LogP contribution in [0.2, 0.25) is 0 Å². The quantitative estimate of drug-likeness (QED) is 0.685. The third-order valence-corrected chi connectivity index (χ3v) is 3.22. The van der Waals surface area contributed by atoms with Crippen molar-refractivity contribution in [1.82, 2.24) is 0 Å². The van der Waals surface area contributed by atoms with E-state index < -0.39 is 0 Å². The smallest absolute Gasteiger partial charge is 0.0494 e. The second-order valence-corrected chi connectivity index (χ2v) is 4.81. The molecule has 0 aromatic carbocycles. The van der Waals surface area contributed by atoms with Gasteiger partial charge in [0, 0.05) is 26.4 Å².